The molecule has 118 valence electrons. The Labute approximate surface area is 139 Å². The van der Waals surface area contributed by atoms with Crippen molar-refractivity contribution in [2.24, 2.45) is 4.99 Å². The third kappa shape index (κ3) is 3.98. The summed E-state index contributed by atoms with van der Waals surface area (Å²) in [4.78, 5) is 8.39. The normalized spacial score (nSPS) is 11.4. The van der Waals surface area contributed by atoms with E-state index in [0.717, 1.165) is 18.2 Å². The van der Waals surface area contributed by atoms with Crippen molar-refractivity contribution in [1.82, 2.24) is 20.2 Å². The molecule has 0 aliphatic carbocycles. The van der Waals surface area contributed by atoms with Gasteiger partial charge in [-0.1, -0.05) is 18.2 Å². The average Bonchev–Trinajstić information content (AvgIpc) is 3.29. The number of nitrogens with one attached hydrogen (secondary N) is 2. The lowest BCUT2D eigenvalue weighted by atomic mass is 10.1. The van der Waals surface area contributed by atoms with Gasteiger partial charge in [0.15, 0.2) is 5.96 Å². The SMILES string of the molecule is CN=C(NCc1ccsc1)NCc1ccccc1-n1ccnc1. The van der Waals surface area contributed by atoms with Gasteiger partial charge in [0.05, 0.1) is 12.0 Å². The average molecular weight is 325 g/mol. The van der Waals surface area contributed by atoms with Crippen molar-refractivity contribution in [3.05, 3.63) is 70.9 Å². The van der Waals surface area contributed by atoms with Crippen molar-refractivity contribution in [1.29, 1.82) is 0 Å². The Morgan fingerprint density at radius 3 is 2.83 bits per heavy atom. The van der Waals surface area contributed by atoms with Crippen LogP contribution in [0, 0.1) is 0 Å². The summed E-state index contributed by atoms with van der Waals surface area (Å²) in [5, 5.41) is 10.9. The van der Waals surface area contributed by atoms with E-state index >= 15 is 0 Å². The van der Waals surface area contributed by atoms with Gasteiger partial charge < -0.3 is 15.2 Å². The monoisotopic (exact) mass is 325 g/mol. The van der Waals surface area contributed by atoms with Crippen molar-refractivity contribution in [3.8, 4) is 5.69 Å². The van der Waals surface area contributed by atoms with Gasteiger partial charge in [0, 0.05) is 32.5 Å². The summed E-state index contributed by atoms with van der Waals surface area (Å²) < 4.78 is 2.01. The highest BCUT2D eigenvalue weighted by molar-refractivity contribution is 7.07. The Hall–Kier alpha value is -2.60. The van der Waals surface area contributed by atoms with Gasteiger partial charge in [0.25, 0.3) is 0 Å². The minimum absolute atomic E-state index is 0.692. The van der Waals surface area contributed by atoms with Gasteiger partial charge in [-0.15, -0.1) is 0 Å². The topological polar surface area (TPSA) is 54.2 Å². The molecule has 2 aromatic heterocycles. The van der Waals surface area contributed by atoms with Crippen LogP contribution < -0.4 is 10.6 Å². The van der Waals surface area contributed by atoms with Gasteiger partial charge in [0.2, 0.25) is 0 Å². The molecule has 2 N–H and O–H groups in total. The molecule has 0 amide bonds. The van der Waals surface area contributed by atoms with Crippen LogP contribution in [0.2, 0.25) is 0 Å². The molecule has 0 saturated carbocycles. The zero-order valence-corrected chi connectivity index (χ0v) is 13.8. The van der Waals surface area contributed by atoms with E-state index < -0.39 is 0 Å². The van der Waals surface area contributed by atoms with E-state index in [1.165, 1.54) is 11.1 Å². The molecular formula is C17H19N5S. The predicted octanol–water partition coefficient (Wildman–Crippen LogP) is 2.80. The summed E-state index contributed by atoms with van der Waals surface area (Å²) in [5.74, 6) is 0.789. The molecular weight excluding hydrogens is 306 g/mol. The number of hydrogen-bond acceptors (Lipinski definition) is 3. The van der Waals surface area contributed by atoms with Gasteiger partial charge in [-0.3, -0.25) is 4.99 Å². The van der Waals surface area contributed by atoms with E-state index in [2.05, 4.69) is 49.6 Å². The molecule has 1 aromatic carbocycles. The summed E-state index contributed by atoms with van der Waals surface area (Å²) in [6.07, 6.45) is 5.54. The number of para-hydroxylation sites is 1. The summed E-state index contributed by atoms with van der Waals surface area (Å²) in [6.45, 7) is 1.46. The van der Waals surface area contributed by atoms with Crippen molar-refractivity contribution in [2.75, 3.05) is 7.05 Å². The van der Waals surface area contributed by atoms with Gasteiger partial charge >= 0.3 is 0 Å². The molecule has 0 aliphatic rings. The quantitative estimate of drug-likeness (QED) is 0.560. The second kappa shape index (κ2) is 7.60. The number of imidazole rings is 1. The lowest BCUT2D eigenvalue weighted by molar-refractivity contribution is 0.805. The molecule has 6 heteroatoms. The second-order valence-electron chi connectivity index (χ2n) is 5.01. The van der Waals surface area contributed by atoms with Crippen LogP contribution in [-0.4, -0.2) is 22.6 Å². The molecule has 0 saturated heterocycles. The predicted molar refractivity (Wildman–Crippen MR) is 94.9 cm³/mol. The molecule has 2 heterocycles. The van der Waals surface area contributed by atoms with E-state index in [9.17, 15) is 0 Å². The standard InChI is InChI=1S/C17H19N5S/c1-18-17(20-10-14-6-9-23-12-14)21-11-15-4-2-3-5-16(15)22-8-7-19-13-22/h2-9,12-13H,10-11H2,1H3,(H2,18,20,21). The molecule has 3 rings (SSSR count). The van der Waals surface area contributed by atoms with Crippen molar-refractivity contribution in [3.63, 3.8) is 0 Å². The van der Waals surface area contributed by atoms with Crippen LogP contribution in [0.5, 0.6) is 0 Å². The summed E-state index contributed by atoms with van der Waals surface area (Å²) in [6, 6.07) is 10.4. The number of rotatable bonds is 5. The van der Waals surface area contributed by atoms with E-state index in [4.69, 9.17) is 0 Å². The van der Waals surface area contributed by atoms with Crippen LogP contribution in [0.1, 0.15) is 11.1 Å². The highest BCUT2D eigenvalue weighted by Gasteiger charge is 2.05. The molecule has 0 bridgehead atoms. The molecule has 5 nitrogen and oxygen atoms in total. The first kappa shape index (κ1) is 15.3. The molecule has 0 unspecified atom stereocenters. The van der Waals surface area contributed by atoms with Crippen LogP contribution >= 0.6 is 11.3 Å². The number of aliphatic imine (C=N–C) groups is 1. The largest absolute Gasteiger partial charge is 0.352 e. The first-order valence-electron chi connectivity index (χ1n) is 7.38. The van der Waals surface area contributed by atoms with E-state index in [1.807, 2.05) is 29.2 Å². The molecule has 23 heavy (non-hydrogen) atoms. The molecule has 0 aliphatic heterocycles. The Kier molecular flexibility index (Phi) is 5.06. The molecule has 0 atom stereocenters. The van der Waals surface area contributed by atoms with Crippen LogP contribution in [0.4, 0.5) is 0 Å². The Morgan fingerprint density at radius 1 is 1.22 bits per heavy atom. The van der Waals surface area contributed by atoms with E-state index in [1.54, 1.807) is 24.6 Å². The summed E-state index contributed by atoms with van der Waals surface area (Å²) in [7, 11) is 1.78. The third-order valence-electron chi connectivity index (χ3n) is 3.48. The number of guanidine groups is 1. The fourth-order valence-electron chi connectivity index (χ4n) is 2.29. The molecule has 0 spiro atoms. The van der Waals surface area contributed by atoms with Gasteiger partial charge in [0.1, 0.15) is 0 Å². The van der Waals surface area contributed by atoms with Crippen LogP contribution in [0.25, 0.3) is 5.69 Å². The lowest BCUT2D eigenvalue weighted by Crippen LogP contribution is -2.36. The Morgan fingerprint density at radius 2 is 2.09 bits per heavy atom. The van der Waals surface area contributed by atoms with Gasteiger partial charge in [-0.25, -0.2) is 4.98 Å². The lowest BCUT2D eigenvalue weighted by Gasteiger charge is -2.14. The molecule has 0 radical (unpaired) electrons. The maximum absolute atomic E-state index is 4.27. The zero-order chi connectivity index (χ0) is 15.9. The van der Waals surface area contributed by atoms with Crippen molar-refractivity contribution in [2.45, 2.75) is 13.1 Å². The molecule has 0 fully saturated rings. The van der Waals surface area contributed by atoms with Crippen molar-refractivity contribution >= 4 is 17.3 Å². The molecule has 3 aromatic rings. The number of thiophene rings is 1. The zero-order valence-electron chi connectivity index (χ0n) is 12.9. The number of benzene rings is 1. The number of nitrogens with zero attached hydrogens (tertiary/aromatic N) is 3. The summed E-state index contributed by atoms with van der Waals surface area (Å²) >= 11 is 1.70. The highest BCUT2D eigenvalue weighted by atomic mass is 32.1. The first-order chi connectivity index (χ1) is 11.4. The van der Waals surface area contributed by atoms with Gasteiger partial charge in [-0.2, -0.15) is 11.3 Å². The van der Waals surface area contributed by atoms with Crippen LogP contribution in [0.15, 0.2) is 64.8 Å². The Bertz CT molecular complexity index is 747. The van der Waals surface area contributed by atoms with Gasteiger partial charge in [-0.05, 0) is 34.0 Å². The highest BCUT2D eigenvalue weighted by Crippen LogP contribution is 2.13. The maximum atomic E-state index is 4.27. The third-order valence-corrected chi connectivity index (χ3v) is 4.22. The summed E-state index contributed by atoms with van der Waals surface area (Å²) in [5.41, 5.74) is 3.56. The van der Waals surface area contributed by atoms with Crippen LogP contribution in [0.3, 0.4) is 0 Å². The van der Waals surface area contributed by atoms with E-state index in [0.29, 0.717) is 6.54 Å². The maximum Gasteiger partial charge on any atom is 0.191 e. The smallest absolute Gasteiger partial charge is 0.191 e. The fraction of sp³-hybridized carbons (Fsp3) is 0.176. The Balaban J connectivity index is 1.63. The van der Waals surface area contributed by atoms with Crippen LogP contribution in [-0.2, 0) is 13.1 Å². The number of aromatic nitrogens is 2. The first-order valence-corrected chi connectivity index (χ1v) is 8.33. The number of hydrogen-bond donors (Lipinski definition) is 2. The van der Waals surface area contributed by atoms with Crippen molar-refractivity contribution < 1.29 is 0 Å². The van der Waals surface area contributed by atoms with E-state index in [-0.39, 0.29) is 0 Å². The minimum Gasteiger partial charge on any atom is -0.352 e. The fourth-order valence-corrected chi connectivity index (χ4v) is 2.96. The minimum atomic E-state index is 0.692. The second-order valence-corrected chi connectivity index (χ2v) is 5.79.